The van der Waals surface area contributed by atoms with Crippen molar-refractivity contribution in [3.63, 3.8) is 0 Å². The van der Waals surface area contributed by atoms with Gasteiger partial charge in [-0.05, 0) is 51.1 Å². The zero-order chi connectivity index (χ0) is 12.1. The number of nitrogens with one attached hydrogen (secondary N) is 1. The lowest BCUT2D eigenvalue weighted by Crippen LogP contribution is -2.54. The molecule has 1 N–H and O–H groups in total. The number of hydrogen-bond donors (Lipinski definition) is 1. The highest BCUT2D eigenvalue weighted by atomic mass is 15.2. The minimum atomic E-state index is 0.779. The average molecular weight is 238 g/mol. The number of rotatable bonds is 5. The molecule has 2 fully saturated rings. The Morgan fingerprint density at radius 2 is 1.88 bits per heavy atom. The largest absolute Gasteiger partial charge is 0.315 e. The summed E-state index contributed by atoms with van der Waals surface area (Å²) in [6.45, 7) is 8.22. The molecule has 0 aromatic rings. The molecule has 0 amide bonds. The average Bonchev–Trinajstić information content (AvgIpc) is 2.40. The number of fused-ring (bicyclic) bond motifs is 1. The number of nitrogens with zero attached hydrogens (tertiary/aromatic N) is 1. The van der Waals surface area contributed by atoms with Gasteiger partial charge in [0.2, 0.25) is 0 Å². The van der Waals surface area contributed by atoms with Crippen LogP contribution in [-0.2, 0) is 0 Å². The van der Waals surface area contributed by atoms with Crippen LogP contribution in [0.1, 0.15) is 58.8 Å². The van der Waals surface area contributed by atoms with Crippen molar-refractivity contribution in [2.75, 3.05) is 19.6 Å². The molecule has 2 heteroatoms. The molecule has 2 nitrogen and oxygen atoms in total. The molecule has 3 unspecified atom stereocenters. The molecule has 1 aliphatic carbocycles. The van der Waals surface area contributed by atoms with E-state index in [1.54, 1.807) is 0 Å². The lowest BCUT2D eigenvalue weighted by molar-refractivity contribution is 0.0245. The minimum Gasteiger partial charge on any atom is -0.315 e. The van der Waals surface area contributed by atoms with Gasteiger partial charge in [-0.3, -0.25) is 4.90 Å². The minimum absolute atomic E-state index is 0.779. The predicted octanol–water partition coefficient (Wildman–Crippen LogP) is 3.03. The van der Waals surface area contributed by atoms with Crippen LogP contribution >= 0.6 is 0 Å². The van der Waals surface area contributed by atoms with Gasteiger partial charge < -0.3 is 5.32 Å². The highest BCUT2D eigenvalue weighted by Crippen LogP contribution is 2.36. The maximum Gasteiger partial charge on any atom is 0.0221 e. The molecule has 0 radical (unpaired) electrons. The first-order valence-electron chi connectivity index (χ1n) is 7.83. The molecular formula is C15H30N2. The molecular weight excluding hydrogens is 208 g/mol. The molecule has 100 valence electrons. The van der Waals surface area contributed by atoms with Crippen molar-refractivity contribution in [2.24, 2.45) is 5.92 Å². The van der Waals surface area contributed by atoms with Gasteiger partial charge in [-0.1, -0.05) is 26.7 Å². The molecule has 0 aromatic carbocycles. The monoisotopic (exact) mass is 238 g/mol. The Kier molecular flexibility index (Phi) is 5.30. The molecule has 0 spiro atoms. The second-order valence-corrected chi connectivity index (χ2v) is 5.86. The Bertz CT molecular complexity index is 215. The van der Waals surface area contributed by atoms with Crippen molar-refractivity contribution in [1.82, 2.24) is 10.2 Å². The lowest BCUT2D eigenvalue weighted by atomic mass is 9.77. The van der Waals surface area contributed by atoms with Crippen molar-refractivity contribution in [2.45, 2.75) is 70.9 Å². The summed E-state index contributed by atoms with van der Waals surface area (Å²) in [6, 6.07) is 1.70. The Hall–Kier alpha value is -0.0800. The fourth-order valence-corrected chi connectivity index (χ4v) is 3.92. The third-order valence-electron chi connectivity index (χ3n) is 4.86. The summed E-state index contributed by atoms with van der Waals surface area (Å²) in [4.78, 5) is 2.86. The molecule has 17 heavy (non-hydrogen) atoms. The van der Waals surface area contributed by atoms with Crippen LogP contribution in [0.3, 0.4) is 0 Å². The Morgan fingerprint density at radius 1 is 1.12 bits per heavy atom. The van der Waals surface area contributed by atoms with Crippen molar-refractivity contribution >= 4 is 0 Å². The second kappa shape index (κ2) is 6.75. The first kappa shape index (κ1) is 13.4. The predicted molar refractivity (Wildman–Crippen MR) is 74.3 cm³/mol. The lowest BCUT2D eigenvalue weighted by Gasteiger charge is -2.47. The number of likely N-dealkylation sites (tertiary alicyclic amines) is 1. The zero-order valence-electron chi connectivity index (χ0n) is 11.8. The van der Waals surface area contributed by atoms with Gasteiger partial charge in [-0.25, -0.2) is 0 Å². The first-order chi connectivity index (χ1) is 8.36. The number of hydrogen-bond acceptors (Lipinski definition) is 2. The van der Waals surface area contributed by atoms with Crippen LogP contribution in [0.4, 0.5) is 0 Å². The van der Waals surface area contributed by atoms with Gasteiger partial charge in [-0.15, -0.1) is 0 Å². The quantitative estimate of drug-likeness (QED) is 0.792. The Morgan fingerprint density at radius 3 is 2.65 bits per heavy atom. The number of likely N-dealkylation sites (N-methyl/N-ethyl adjacent to an activating group) is 1. The third kappa shape index (κ3) is 3.23. The smallest absolute Gasteiger partial charge is 0.0221 e. The highest BCUT2D eigenvalue weighted by Gasteiger charge is 2.35. The van der Waals surface area contributed by atoms with Gasteiger partial charge in [0.15, 0.2) is 0 Å². The molecule has 1 heterocycles. The van der Waals surface area contributed by atoms with E-state index in [4.69, 9.17) is 0 Å². The number of piperidine rings is 1. The maximum absolute atomic E-state index is 3.55. The summed E-state index contributed by atoms with van der Waals surface area (Å²) in [5, 5.41) is 3.55. The van der Waals surface area contributed by atoms with Crippen molar-refractivity contribution in [3.05, 3.63) is 0 Å². The molecule has 1 aliphatic heterocycles. The van der Waals surface area contributed by atoms with E-state index < -0.39 is 0 Å². The molecule has 1 saturated heterocycles. The van der Waals surface area contributed by atoms with E-state index >= 15 is 0 Å². The van der Waals surface area contributed by atoms with E-state index in [1.807, 2.05) is 0 Å². The van der Waals surface area contributed by atoms with Gasteiger partial charge >= 0.3 is 0 Å². The van der Waals surface area contributed by atoms with Crippen LogP contribution in [0.25, 0.3) is 0 Å². The molecule has 3 atom stereocenters. The van der Waals surface area contributed by atoms with Crippen LogP contribution in [0.15, 0.2) is 0 Å². The first-order valence-corrected chi connectivity index (χ1v) is 7.83. The summed E-state index contributed by atoms with van der Waals surface area (Å²) in [7, 11) is 0. The summed E-state index contributed by atoms with van der Waals surface area (Å²) < 4.78 is 0. The van der Waals surface area contributed by atoms with Crippen molar-refractivity contribution in [1.29, 1.82) is 0 Å². The van der Waals surface area contributed by atoms with Gasteiger partial charge in [0.05, 0.1) is 0 Å². The zero-order valence-corrected chi connectivity index (χ0v) is 11.8. The van der Waals surface area contributed by atoms with Crippen molar-refractivity contribution < 1.29 is 0 Å². The summed E-state index contributed by atoms with van der Waals surface area (Å²) >= 11 is 0. The fraction of sp³-hybridized carbons (Fsp3) is 1.00. The maximum atomic E-state index is 3.55. The summed E-state index contributed by atoms with van der Waals surface area (Å²) in [5.41, 5.74) is 0. The Labute approximate surface area is 107 Å². The van der Waals surface area contributed by atoms with Crippen LogP contribution in [-0.4, -0.2) is 36.6 Å². The SMILES string of the molecule is CCNCC(CC)N1CCCC2CCCCC21. The summed E-state index contributed by atoms with van der Waals surface area (Å²) in [6.07, 6.45) is 10.2. The van der Waals surface area contributed by atoms with Crippen LogP contribution in [0, 0.1) is 5.92 Å². The standard InChI is InChI=1S/C15H30N2/c1-3-14(12-16-4-2)17-11-7-9-13-8-5-6-10-15(13)17/h13-16H,3-12H2,1-2H3. The molecule has 2 aliphatic rings. The van der Waals surface area contributed by atoms with Crippen molar-refractivity contribution in [3.8, 4) is 0 Å². The Balaban J connectivity index is 1.95. The van der Waals surface area contributed by atoms with Gasteiger partial charge in [0.25, 0.3) is 0 Å². The van der Waals surface area contributed by atoms with Crippen LogP contribution in [0.2, 0.25) is 0 Å². The van der Waals surface area contributed by atoms with E-state index in [0.717, 1.165) is 24.5 Å². The molecule has 0 aromatic heterocycles. The van der Waals surface area contributed by atoms with Crippen LogP contribution < -0.4 is 5.32 Å². The normalized spacial score (nSPS) is 32.1. The molecule has 2 rings (SSSR count). The van der Waals surface area contributed by atoms with E-state index in [-0.39, 0.29) is 0 Å². The van der Waals surface area contributed by atoms with E-state index in [1.165, 1.54) is 58.0 Å². The van der Waals surface area contributed by atoms with Gasteiger partial charge in [0, 0.05) is 18.6 Å². The fourth-order valence-electron chi connectivity index (χ4n) is 3.92. The van der Waals surface area contributed by atoms with E-state index in [9.17, 15) is 0 Å². The molecule has 1 saturated carbocycles. The third-order valence-corrected chi connectivity index (χ3v) is 4.86. The van der Waals surface area contributed by atoms with Gasteiger partial charge in [0.1, 0.15) is 0 Å². The van der Waals surface area contributed by atoms with Gasteiger partial charge in [-0.2, -0.15) is 0 Å². The van der Waals surface area contributed by atoms with E-state index in [2.05, 4.69) is 24.1 Å². The summed E-state index contributed by atoms with van der Waals surface area (Å²) in [5.74, 6) is 1.02. The molecule has 0 bridgehead atoms. The van der Waals surface area contributed by atoms with Crippen LogP contribution in [0.5, 0.6) is 0 Å². The highest BCUT2D eigenvalue weighted by molar-refractivity contribution is 4.90. The topological polar surface area (TPSA) is 15.3 Å². The van der Waals surface area contributed by atoms with E-state index in [0.29, 0.717) is 0 Å². The second-order valence-electron chi connectivity index (χ2n) is 5.86.